The first-order chi connectivity index (χ1) is 14.5. The molecular formula is C20H16F2N6O2. The van der Waals surface area contributed by atoms with Gasteiger partial charge < -0.3 is 10.6 Å². The van der Waals surface area contributed by atoms with Crippen LogP contribution in [0.4, 0.5) is 26.1 Å². The number of hydrogen-bond acceptors (Lipinski definition) is 6. The number of carbonyl (C=O) groups is 2. The van der Waals surface area contributed by atoms with Crippen molar-refractivity contribution >= 4 is 40.9 Å². The minimum atomic E-state index is -0.619. The van der Waals surface area contributed by atoms with Gasteiger partial charge in [0, 0.05) is 29.3 Å². The Morgan fingerprint density at radius 1 is 1.20 bits per heavy atom. The maximum Gasteiger partial charge on any atom is 0.254 e. The number of benzene rings is 1. The predicted octanol–water partition coefficient (Wildman–Crippen LogP) is 2.76. The van der Waals surface area contributed by atoms with E-state index in [0.29, 0.717) is 28.6 Å². The van der Waals surface area contributed by atoms with E-state index in [2.05, 4.69) is 26.0 Å². The molecule has 0 radical (unpaired) electrons. The van der Waals surface area contributed by atoms with E-state index < -0.39 is 17.5 Å². The summed E-state index contributed by atoms with van der Waals surface area (Å²) in [6.07, 6.45) is 5.12. The molecule has 2 fully saturated rings. The van der Waals surface area contributed by atoms with Gasteiger partial charge in [-0.25, -0.2) is 13.8 Å². The molecule has 0 atom stereocenters. The topological polar surface area (TPSA) is 100 Å². The van der Waals surface area contributed by atoms with Crippen LogP contribution >= 0.6 is 0 Å². The van der Waals surface area contributed by atoms with Crippen LogP contribution in [0.15, 0.2) is 36.0 Å². The third-order valence-electron chi connectivity index (χ3n) is 4.84. The first kappa shape index (κ1) is 18.2. The molecule has 1 saturated carbocycles. The highest BCUT2D eigenvalue weighted by Crippen LogP contribution is 2.29. The van der Waals surface area contributed by atoms with Crippen molar-refractivity contribution in [2.45, 2.75) is 25.3 Å². The highest BCUT2D eigenvalue weighted by atomic mass is 19.1. The van der Waals surface area contributed by atoms with Gasteiger partial charge in [-0.2, -0.15) is 9.61 Å². The molecule has 0 spiro atoms. The summed E-state index contributed by atoms with van der Waals surface area (Å²) in [5.74, 6) is -1.11. The van der Waals surface area contributed by atoms with Crippen LogP contribution in [-0.2, 0) is 9.59 Å². The summed E-state index contributed by atoms with van der Waals surface area (Å²) >= 11 is 0. The number of hydrogen-bond donors (Lipinski definition) is 3. The normalized spacial score (nSPS) is 17.6. The molecule has 0 unspecified atom stereocenters. The highest BCUT2D eigenvalue weighted by Gasteiger charge is 2.26. The van der Waals surface area contributed by atoms with Gasteiger partial charge in [-0.05, 0) is 31.1 Å². The van der Waals surface area contributed by atoms with E-state index >= 15 is 0 Å². The molecule has 3 heterocycles. The summed E-state index contributed by atoms with van der Waals surface area (Å²) in [7, 11) is 0. The van der Waals surface area contributed by atoms with Gasteiger partial charge in [-0.1, -0.05) is 0 Å². The monoisotopic (exact) mass is 410 g/mol. The average molecular weight is 410 g/mol. The maximum atomic E-state index is 14.1. The van der Waals surface area contributed by atoms with Crippen LogP contribution in [0, 0.1) is 11.6 Å². The van der Waals surface area contributed by atoms with Gasteiger partial charge in [-0.15, -0.1) is 0 Å². The van der Waals surface area contributed by atoms with E-state index in [4.69, 9.17) is 0 Å². The Morgan fingerprint density at radius 3 is 2.77 bits per heavy atom. The summed E-state index contributed by atoms with van der Waals surface area (Å²) in [6, 6.07) is 5.07. The Labute approximate surface area is 169 Å². The van der Waals surface area contributed by atoms with Gasteiger partial charge in [-0.3, -0.25) is 14.9 Å². The largest absolute Gasteiger partial charge is 0.367 e. The molecule has 30 heavy (non-hydrogen) atoms. The van der Waals surface area contributed by atoms with Crippen molar-refractivity contribution in [2.24, 2.45) is 0 Å². The zero-order valence-electron chi connectivity index (χ0n) is 15.6. The van der Waals surface area contributed by atoms with Gasteiger partial charge in [0.05, 0.1) is 18.3 Å². The number of imide groups is 1. The standard InChI is InChI=1S/C20H16F2N6O2/c21-12-1-4-14(22)15(7-12)25-16-8-17(24-13-2-3-13)28-19(26-16)11(9-23-28)5-10-6-18(29)27-20(10)30/h1,4-5,7-9,13,24H,2-3,6H2,(H,25,26)(H,27,29,30)/b10-5+. The smallest absolute Gasteiger partial charge is 0.254 e. The Bertz CT molecular complexity index is 1230. The fourth-order valence-corrected chi connectivity index (χ4v) is 3.23. The van der Waals surface area contributed by atoms with Crippen LogP contribution in [0.2, 0.25) is 0 Å². The Hall–Kier alpha value is -3.82. The molecule has 3 aromatic rings. The minimum Gasteiger partial charge on any atom is -0.367 e. The third kappa shape index (κ3) is 3.47. The van der Waals surface area contributed by atoms with Gasteiger partial charge in [0.15, 0.2) is 5.65 Å². The van der Waals surface area contributed by atoms with Crippen molar-refractivity contribution < 1.29 is 18.4 Å². The number of nitrogens with zero attached hydrogens (tertiary/aromatic N) is 3. The number of amides is 2. The second-order valence-corrected chi connectivity index (χ2v) is 7.25. The van der Waals surface area contributed by atoms with Crippen LogP contribution in [-0.4, -0.2) is 32.5 Å². The number of rotatable bonds is 5. The molecule has 0 bridgehead atoms. The number of anilines is 3. The van der Waals surface area contributed by atoms with E-state index in [0.717, 1.165) is 31.0 Å². The Balaban J connectivity index is 1.59. The van der Waals surface area contributed by atoms with E-state index in [-0.39, 0.29) is 23.8 Å². The van der Waals surface area contributed by atoms with Crippen molar-refractivity contribution in [3.05, 3.63) is 53.2 Å². The molecule has 2 amide bonds. The van der Waals surface area contributed by atoms with Crippen molar-refractivity contribution in [1.82, 2.24) is 19.9 Å². The minimum absolute atomic E-state index is 0.0181. The molecule has 5 rings (SSSR count). The zero-order chi connectivity index (χ0) is 20.8. The van der Waals surface area contributed by atoms with Crippen LogP contribution in [0.3, 0.4) is 0 Å². The molecule has 152 valence electrons. The van der Waals surface area contributed by atoms with Gasteiger partial charge in [0.25, 0.3) is 5.91 Å². The lowest BCUT2D eigenvalue weighted by molar-refractivity contribution is -0.124. The quantitative estimate of drug-likeness (QED) is 0.442. The molecule has 1 saturated heterocycles. The Kier molecular flexibility index (Phi) is 4.19. The molecule has 1 aliphatic heterocycles. The highest BCUT2D eigenvalue weighted by molar-refractivity contribution is 6.15. The van der Waals surface area contributed by atoms with Crippen LogP contribution in [0.25, 0.3) is 11.7 Å². The van der Waals surface area contributed by atoms with Gasteiger partial charge in [0.2, 0.25) is 5.91 Å². The van der Waals surface area contributed by atoms with Crippen LogP contribution < -0.4 is 16.0 Å². The summed E-state index contributed by atoms with van der Waals surface area (Å²) in [4.78, 5) is 27.8. The molecule has 1 aliphatic carbocycles. The lowest BCUT2D eigenvalue weighted by Crippen LogP contribution is -2.19. The number of carbonyl (C=O) groups excluding carboxylic acids is 2. The Morgan fingerprint density at radius 2 is 2.03 bits per heavy atom. The lowest BCUT2D eigenvalue weighted by atomic mass is 10.1. The lowest BCUT2D eigenvalue weighted by Gasteiger charge is -2.12. The first-order valence-corrected chi connectivity index (χ1v) is 9.38. The molecule has 8 nitrogen and oxygen atoms in total. The van der Waals surface area contributed by atoms with Gasteiger partial charge in [0.1, 0.15) is 23.3 Å². The predicted molar refractivity (Wildman–Crippen MR) is 105 cm³/mol. The second kappa shape index (κ2) is 6.90. The summed E-state index contributed by atoms with van der Waals surface area (Å²) in [6.45, 7) is 0. The molecule has 3 N–H and O–H groups in total. The molecule has 2 aliphatic rings. The maximum absolute atomic E-state index is 14.1. The fraction of sp³-hybridized carbons (Fsp3) is 0.200. The summed E-state index contributed by atoms with van der Waals surface area (Å²) in [5, 5.41) is 12.7. The van der Waals surface area contributed by atoms with Crippen LogP contribution in [0.1, 0.15) is 24.8 Å². The van der Waals surface area contributed by atoms with E-state index in [1.165, 1.54) is 6.20 Å². The van der Waals surface area contributed by atoms with Crippen molar-refractivity contribution in [3.63, 3.8) is 0 Å². The molecular weight excluding hydrogens is 394 g/mol. The van der Waals surface area contributed by atoms with Crippen LogP contribution in [0.5, 0.6) is 0 Å². The van der Waals surface area contributed by atoms with E-state index in [1.54, 1.807) is 16.7 Å². The zero-order valence-corrected chi connectivity index (χ0v) is 15.6. The number of fused-ring (bicyclic) bond motifs is 1. The summed E-state index contributed by atoms with van der Waals surface area (Å²) < 4.78 is 29.2. The van der Waals surface area contributed by atoms with Crippen molar-refractivity contribution in [2.75, 3.05) is 10.6 Å². The first-order valence-electron chi connectivity index (χ1n) is 9.38. The number of halogens is 2. The molecule has 1 aromatic carbocycles. The average Bonchev–Trinajstić information content (AvgIpc) is 3.34. The molecule has 10 heteroatoms. The SMILES string of the molecule is O=C1C/C(=C\c2cnn3c(NC4CC4)cc(Nc4cc(F)ccc4F)nc23)C(=O)N1. The molecule has 2 aromatic heterocycles. The van der Waals surface area contributed by atoms with Gasteiger partial charge >= 0.3 is 0 Å². The summed E-state index contributed by atoms with van der Waals surface area (Å²) in [5.41, 5.74) is 1.18. The fourth-order valence-electron chi connectivity index (χ4n) is 3.23. The van der Waals surface area contributed by atoms with E-state index in [1.807, 2.05) is 0 Å². The van der Waals surface area contributed by atoms with Crippen molar-refractivity contribution in [1.29, 1.82) is 0 Å². The third-order valence-corrected chi connectivity index (χ3v) is 4.84. The van der Waals surface area contributed by atoms with Crippen molar-refractivity contribution in [3.8, 4) is 0 Å². The second-order valence-electron chi connectivity index (χ2n) is 7.25. The van der Waals surface area contributed by atoms with E-state index in [9.17, 15) is 18.4 Å². The number of aromatic nitrogens is 3. The number of nitrogens with one attached hydrogen (secondary N) is 3.